The van der Waals surface area contributed by atoms with Crippen LogP contribution in [0.25, 0.3) is 0 Å². The molecule has 5 atom stereocenters. The topological polar surface area (TPSA) is 128 Å². The zero-order chi connectivity index (χ0) is 20.5. The highest BCUT2D eigenvalue weighted by Gasteiger charge is 2.37. The van der Waals surface area contributed by atoms with Crippen molar-refractivity contribution < 1.29 is 29.6 Å². The molecule has 28 heavy (non-hydrogen) atoms. The molecular formula is C20H34N2O6. The average molecular weight is 399 g/mol. The minimum atomic E-state index is -1.63. The molecule has 1 aliphatic carbocycles. The first-order valence-electron chi connectivity index (χ1n) is 10.3. The number of allylic oxidation sites excluding steroid dienone is 1. The van der Waals surface area contributed by atoms with Gasteiger partial charge in [0.25, 0.3) is 5.91 Å². The Kier molecular flexibility index (Phi) is 9.37. The van der Waals surface area contributed by atoms with Crippen LogP contribution in [0.1, 0.15) is 51.4 Å². The Morgan fingerprint density at radius 3 is 2.46 bits per heavy atom. The third-order valence-electron chi connectivity index (χ3n) is 5.60. The second-order valence-corrected chi connectivity index (χ2v) is 7.76. The maximum atomic E-state index is 12.5. The molecule has 0 aromatic rings. The fraction of sp³-hybridized carbons (Fsp3) is 0.800. The Morgan fingerprint density at radius 2 is 1.79 bits per heavy atom. The summed E-state index contributed by atoms with van der Waals surface area (Å²) in [5, 5.41) is 36.1. The van der Waals surface area contributed by atoms with Crippen molar-refractivity contribution >= 4 is 11.8 Å². The highest BCUT2D eigenvalue weighted by Crippen LogP contribution is 2.25. The van der Waals surface area contributed by atoms with E-state index in [1.165, 1.54) is 19.6 Å². The molecule has 2 aliphatic rings. The van der Waals surface area contributed by atoms with Gasteiger partial charge in [0.1, 0.15) is 24.4 Å². The molecule has 2 amide bonds. The fourth-order valence-corrected chi connectivity index (χ4v) is 3.83. The Labute approximate surface area is 166 Å². The summed E-state index contributed by atoms with van der Waals surface area (Å²) in [5.74, 6) is -0.603. The van der Waals surface area contributed by atoms with E-state index in [-0.39, 0.29) is 5.91 Å². The molecule has 8 nitrogen and oxygen atoms in total. The van der Waals surface area contributed by atoms with Gasteiger partial charge in [0, 0.05) is 13.7 Å². The van der Waals surface area contributed by atoms with Crippen LogP contribution in [-0.2, 0) is 14.3 Å². The molecule has 0 aromatic heterocycles. The molecule has 1 aliphatic heterocycles. The van der Waals surface area contributed by atoms with E-state index in [0.717, 1.165) is 38.5 Å². The van der Waals surface area contributed by atoms with Gasteiger partial charge in [-0.05, 0) is 38.0 Å². The predicted molar refractivity (Wildman–Crippen MR) is 103 cm³/mol. The summed E-state index contributed by atoms with van der Waals surface area (Å²) in [6, 6.07) is -0.701. The quantitative estimate of drug-likeness (QED) is 0.366. The Morgan fingerprint density at radius 1 is 1.11 bits per heavy atom. The first-order chi connectivity index (χ1) is 13.4. The van der Waals surface area contributed by atoms with E-state index in [9.17, 15) is 24.9 Å². The molecule has 2 rings (SSSR count). The van der Waals surface area contributed by atoms with Crippen molar-refractivity contribution in [2.45, 2.75) is 81.8 Å². The molecule has 0 bridgehead atoms. The molecule has 0 radical (unpaired) electrons. The van der Waals surface area contributed by atoms with Crippen LogP contribution in [-0.4, -0.2) is 71.2 Å². The highest BCUT2D eigenvalue weighted by molar-refractivity contribution is 5.89. The van der Waals surface area contributed by atoms with Crippen LogP contribution in [0.2, 0.25) is 0 Å². The van der Waals surface area contributed by atoms with Crippen molar-refractivity contribution in [1.82, 2.24) is 10.6 Å². The van der Waals surface area contributed by atoms with Crippen LogP contribution in [0.15, 0.2) is 12.2 Å². The smallest absolute Gasteiger partial charge is 0.252 e. The number of methoxy groups -OCH3 is 1. The lowest BCUT2D eigenvalue weighted by Crippen LogP contribution is -2.55. The molecule has 0 unspecified atom stereocenters. The van der Waals surface area contributed by atoms with Crippen molar-refractivity contribution in [3.63, 3.8) is 0 Å². The number of hydrogen-bond donors (Lipinski definition) is 5. The summed E-state index contributed by atoms with van der Waals surface area (Å²) in [5.41, 5.74) is 0. The molecule has 160 valence electrons. The number of hydrogen-bond acceptors (Lipinski definition) is 6. The number of aliphatic hydroxyl groups is 3. The van der Waals surface area contributed by atoms with Crippen LogP contribution >= 0.6 is 0 Å². The number of rotatable bonds is 8. The minimum absolute atomic E-state index is 0.272. The van der Waals surface area contributed by atoms with Crippen LogP contribution in [0, 0.1) is 5.92 Å². The van der Waals surface area contributed by atoms with Crippen molar-refractivity contribution in [3.05, 3.63) is 12.2 Å². The van der Waals surface area contributed by atoms with E-state index in [0.29, 0.717) is 18.9 Å². The molecule has 2 fully saturated rings. The van der Waals surface area contributed by atoms with Gasteiger partial charge in [0.15, 0.2) is 6.10 Å². The second-order valence-electron chi connectivity index (χ2n) is 7.76. The lowest BCUT2D eigenvalue weighted by atomic mass is 9.88. The van der Waals surface area contributed by atoms with Gasteiger partial charge in [-0.3, -0.25) is 9.59 Å². The van der Waals surface area contributed by atoms with Gasteiger partial charge in [0.2, 0.25) is 5.91 Å². The summed E-state index contributed by atoms with van der Waals surface area (Å²) in [4.78, 5) is 24.5. The van der Waals surface area contributed by atoms with E-state index in [2.05, 4.69) is 10.6 Å². The van der Waals surface area contributed by atoms with E-state index < -0.39 is 36.4 Å². The van der Waals surface area contributed by atoms with Gasteiger partial charge in [-0.2, -0.15) is 0 Å². The molecule has 1 saturated heterocycles. The summed E-state index contributed by atoms with van der Waals surface area (Å²) in [7, 11) is 1.23. The van der Waals surface area contributed by atoms with Gasteiger partial charge in [-0.15, -0.1) is 0 Å². The third-order valence-corrected chi connectivity index (χ3v) is 5.60. The van der Waals surface area contributed by atoms with Crippen LogP contribution < -0.4 is 10.6 Å². The predicted octanol–water partition coefficient (Wildman–Crippen LogP) is 0.00550. The number of nitrogens with one attached hydrogen (secondary N) is 2. The average Bonchev–Trinajstić information content (AvgIpc) is 2.91. The summed E-state index contributed by atoms with van der Waals surface area (Å²) in [6.45, 7) is 0.569. The molecule has 1 heterocycles. The van der Waals surface area contributed by atoms with Crippen molar-refractivity contribution in [2.24, 2.45) is 5.92 Å². The summed E-state index contributed by atoms with van der Waals surface area (Å²) < 4.78 is 5.06. The van der Waals surface area contributed by atoms with Crippen molar-refractivity contribution in [1.29, 1.82) is 0 Å². The number of ether oxygens (including phenoxy) is 1. The lowest BCUT2D eigenvalue weighted by molar-refractivity contribution is -0.150. The zero-order valence-electron chi connectivity index (χ0n) is 16.5. The lowest BCUT2D eigenvalue weighted by Gasteiger charge is -2.28. The van der Waals surface area contributed by atoms with Gasteiger partial charge in [-0.25, -0.2) is 0 Å². The van der Waals surface area contributed by atoms with Crippen LogP contribution in [0.3, 0.4) is 0 Å². The second kappa shape index (κ2) is 11.5. The molecular weight excluding hydrogens is 364 g/mol. The number of amides is 2. The van der Waals surface area contributed by atoms with E-state index in [4.69, 9.17) is 4.74 Å². The SMILES string of the molecule is CO[C@@H](C(=O)N[C@H]1CCCCNC1=O)[C@H](O)[C@@H](O)[C@H](O)/C=C/C1CCCCC1. The molecule has 1 saturated carbocycles. The molecule has 0 aromatic carbocycles. The highest BCUT2D eigenvalue weighted by atomic mass is 16.5. The largest absolute Gasteiger partial charge is 0.387 e. The Bertz CT molecular complexity index is 535. The number of carbonyl (C=O) groups excluding carboxylic acids is 2. The number of carbonyl (C=O) groups is 2. The van der Waals surface area contributed by atoms with Gasteiger partial charge in [-0.1, -0.05) is 31.4 Å². The summed E-state index contributed by atoms with van der Waals surface area (Å²) in [6.07, 6.45) is 5.17. The van der Waals surface area contributed by atoms with Gasteiger partial charge < -0.3 is 30.7 Å². The van der Waals surface area contributed by atoms with Crippen LogP contribution in [0.5, 0.6) is 0 Å². The van der Waals surface area contributed by atoms with Crippen LogP contribution in [0.4, 0.5) is 0 Å². The number of aliphatic hydroxyl groups excluding tert-OH is 3. The molecule has 0 spiro atoms. The van der Waals surface area contributed by atoms with Gasteiger partial charge in [0.05, 0.1) is 0 Å². The van der Waals surface area contributed by atoms with Crippen molar-refractivity contribution in [3.8, 4) is 0 Å². The van der Waals surface area contributed by atoms with E-state index >= 15 is 0 Å². The molecule has 5 N–H and O–H groups in total. The monoisotopic (exact) mass is 398 g/mol. The maximum Gasteiger partial charge on any atom is 0.252 e. The molecule has 8 heteroatoms. The normalized spacial score (nSPS) is 26.1. The van der Waals surface area contributed by atoms with E-state index in [1.807, 2.05) is 6.08 Å². The Hall–Kier alpha value is -1.48. The fourth-order valence-electron chi connectivity index (χ4n) is 3.83. The first kappa shape index (κ1) is 22.8. The van der Waals surface area contributed by atoms with Gasteiger partial charge >= 0.3 is 0 Å². The third kappa shape index (κ3) is 6.55. The standard InChI is InChI=1S/C20H34N2O6/c1-28-18(20(27)22-14-9-5-6-12-21-19(14)26)17(25)16(24)15(23)11-10-13-7-3-2-4-8-13/h10-11,13-18,23-25H,2-9,12H2,1H3,(H,21,26)(H,22,27)/b11-10+/t14-,15+,16-,17+,18+/m0/s1. The Balaban J connectivity index is 1.92. The summed E-state index contributed by atoms with van der Waals surface area (Å²) >= 11 is 0. The zero-order valence-corrected chi connectivity index (χ0v) is 16.5. The van der Waals surface area contributed by atoms with Crippen molar-refractivity contribution in [2.75, 3.05) is 13.7 Å². The maximum absolute atomic E-state index is 12.5. The van der Waals surface area contributed by atoms with E-state index in [1.54, 1.807) is 0 Å². The first-order valence-corrected chi connectivity index (χ1v) is 10.3. The minimum Gasteiger partial charge on any atom is -0.387 e.